The molecule has 0 aromatic heterocycles. The Balaban J connectivity index is 4.34. The predicted octanol–water partition coefficient (Wildman–Crippen LogP) is 0.961. The fourth-order valence-corrected chi connectivity index (χ4v) is 0.880. The van der Waals surface area contributed by atoms with Crippen molar-refractivity contribution in [3.05, 3.63) is 24.4 Å². The van der Waals surface area contributed by atoms with Crippen molar-refractivity contribution in [3.8, 4) is 0 Å². The number of amides is 1. The summed E-state index contributed by atoms with van der Waals surface area (Å²) in [7, 11) is 1.20. The molecular formula is C12H17NO4. The van der Waals surface area contributed by atoms with Gasteiger partial charge in [-0.05, 0) is 0 Å². The summed E-state index contributed by atoms with van der Waals surface area (Å²) in [5.74, 6) is -1.66. The number of hydrogen-bond donors (Lipinski definition) is 1. The molecule has 0 fully saturated rings. The molecule has 1 amide bonds. The average Bonchev–Trinajstić information content (AvgIpc) is 2.27. The normalized spacial score (nSPS) is 9.65. The van der Waals surface area contributed by atoms with Gasteiger partial charge in [0.2, 0.25) is 5.91 Å². The van der Waals surface area contributed by atoms with E-state index in [2.05, 4.69) is 23.2 Å². The van der Waals surface area contributed by atoms with E-state index in [4.69, 9.17) is 0 Å². The number of Topliss-reactive ketones (excluding diaryl/α,β-unsaturated/α-hetero) is 1. The zero-order chi connectivity index (χ0) is 13.6. The maximum absolute atomic E-state index is 11.5. The number of hydrogen-bond acceptors (Lipinski definition) is 4. The number of carbonyl (C=O) groups excluding carboxylic acids is 3. The molecule has 0 aliphatic carbocycles. The molecular weight excluding hydrogens is 222 g/mol. The summed E-state index contributed by atoms with van der Waals surface area (Å²) in [4.78, 5) is 33.9. The molecule has 0 aromatic carbocycles. The van der Waals surface area contributed by atoms with Gasteiger partial charge in [-0.2, -0.15) is 0 Å². The highest BCUT2D eigenvalue weighted by Crippen LogP contribution is 2.05. The van der Waals surface area contributed by atoms with Crippen LogP contribution in [0.4, 0.5) is 0 Å². The lowest BCUT2D eigenvalue weighted by atomic mass is 10.1. The number of carbonyl (C=O) groups is 3. The Labute approximate surface area is 101 Å². The highest BCUT2D eigenvalue weighted by molar-refractivity contribution is 6.04. The van der Waals surface area contributed by atoms with Crippen LogP contribution in [0.25, 0.3) is 0 Å². The number of methoxy groups -OCH3 is 1. The SMILES string of the molecule is C=C(CC(=O)C(=C)NC(=O)C(C)C)C(=O)OC. The van der Waals surface area contributed by atoms with E-state index in [0.29, 0.717) is 0 Å². The Morgan fingerprint density at radius 1 is 1.24 bits per heavy atom. The topological polar surface area (TPSA) is 72.5 Å². The molecule has 0 aliphatic heterocycles. The second-order valence-electron chi connectivity index (χ2n) is 3.82. The smallest absolute Gasteiger partial charge is 0.333 e. The van der Waals surface area contributed by atoms with Crippen LogP contribution in [0.1, 0.15) is 20.3 Å². The van der Waals surface area contributed by atoms with Crippen molar-refractivity contribution < 1.29 is 19.1 Å². The molecule has 5 heteroatoms. The maximum Gasteiger partial charge on any atom is 0.333 e. The summed E-state index contributed by atoms with van der Waals surface area (Å²) < 4.78 is 4.40. The van der Waals surface area contributed by atoms with Crippen molar-refractivity contribution in [3.63, 3.8) is 0 Å². The van der Waals surface area contributed by atoms with Crippen LogP contribution in [0, 0.1) is 5.92 Å². The Bertz CT molecular complexity index is 369. The molecule has 0 aromatic rings. The standard InChI is InChI=1S/C12H17NO4/c1-7(2)11(15)13-9(4)10(14)6-8(3)12(16)17-5/h7H,3-4,6H2,1-2,5H3,(H,13,15). The molecule has 17 heavy (non-hydrogen) atoms. The second-order valence-corrected chi connectivity index (χ2v) is 3.82. The summed E-state index contributed by atoms with van der Waals surface area (Å²) in [6, 6.07) is 0. The van der Waals surface area contributed by atoms with Gasteiger partial charge in [0, 0.05) is 17.9 Å². The van der Waals surface area contributed by atoms with E-state index in [1.807, 2.05) is 0 Å². The van der Waals surface area contributed by atoms with E-state index in [1.54, 1.807) is 13.8 Å². The molecule has 0 unspecified atom stereocenters. The van der Waals surface area contributed by atoms with Gasteiger partial charge >= 0.3 is 5.97 Å². The molecule has 0 atom stereocenters. The van der Waals surface area contributed by atoms with Crippen molar-refractivity contribution >= 4 is 17.7 Å². The van der Waals surface area contributed by atoms with Crippen LogP contribution in [0.15, 0.2) is 24.4 Å². The summed E-state index contributed by atoms with van der Waals surface area (Å²) in [5, 5.41) is 2.37. The average molecular weight is 239 g/mol. The van der Waals surface area contributed by atoms with Gasteiger partial charge in [0.25, 0.3) is 0 Å². The lowest BCUT2D eigenvalue weighted by molar-refractivity contribution is -0.136. The molecule has 0 heterocycles. The molecule has 1 N–H and O–H groups in total. The summed E-state index contributed by atoms with van der Waals surface area (Å²) in [6.07, 6.45) is -0.218. The minimum Gasteiger partial charge on any atom is -0.466 e. The Morgan fingerprint density at radius 3 is 2.18 bits per heavy atom. The Hall–Kier alpha value is -1.91. The first-order valence-corrected chi connectivity index (χ1v) is 5.08. The van der Waals surface area contributed by atoms with Crippen molar-refractivity contribution in [2.24, 2.45) is 5.92 Å². The van der Waals surface area contributed by atoms with Gasteiger partial charge in [-0.1, -0.05) is 27.0 Å². The Morgan fingerprint density at radius 2 is 1.76 bits per heavy atom. The van der Waals surface area contributed by atoms with E-state index in [-0.39, 0.29) is 29.5 Å². The lowest BCUT2D eigenvalue weighted by Crippen LogP contribution is -2.30. The largest absolute Gasteiger partial charge is 0.466 e. The van der Waals surface area contributed by atoms with Gasteiger partial charge in [-0.3, -0.25) is 9.59 Å². The second kappa shape index (κ2) is 6.62. The first-order chi connectivity index (χ1) is 7.79. The van der Waals surface area contributed by atoms with Gasteiger partial charge in [-0.25, -0.2) is 4.79 Å². The van der Waals surface area contributed by atoms with E-state index >= 15 is 0 Å². The van der Waals surface area contributed by atoms with E-state index < -0.39 is 11.8 Å². The van der Waals surface area contributed by atoms with E-state index in [0.717, 1.165) is 0 Å². The van der Waals surface area contributed by atoms with Crippen molar-refractivity contribution in [2.45, 2.75) is 20.3 Å². The zero-order valence-corrected chi connectivity index (χ0v) is 10.3. The summed E-state index contributed by atoms with van der Waals surface area (Å²) in [6.45, 7) is 10.2. The maximum atomic E-state index is 11.5. The first-order valence-electron chi connectivity index (χ1n) is 5.08. The molecule has 0 aliphatic rings. The van der Waals surface area contributed by atoms with Gasteiger partial charge in [-0.15, -0.1) is 0 Å². The first kappa shape index (κ1) is 15.1. The van der Waals surface area contributed by atoms with E-state index in [9.17, 15) is 14.4 Å². The van der Waals surface area contributed by atoms with Crippen molar-refractivity contribution in [1.29, 1.82) is 0 Å². The number of rotatable bonds is 6. The minimum atomic E-state index is -0.652. The van der Waals surface area contributed by atoms with E-state index in [1.165, 1.54) is 7.11 Å². The third-order valence-corrected chi connectivity index (χ3v) is 1.98. The summed E-state index contributed by atoms with van der Waals surface area (Å²) >= 11 is 0. The number of ether oxygens (including phenoxy) is 1. The Kier molecular flexibility index (Phi) is 5.88. The molecule has 94 valence electrons. The third-order valence-electron chi connectivity index (χ3n) is 1.98. The van der Waals surface area contributed by atoms with Crippen molar-refractivity contribution in [1.82, 2.24) is 5.32 Å². The van der Waals surface area contributed by atoms with Crippen LogP contribution in [-0.4, -0.2) is 24.8 Å². The quantitative estimate of drug-likeness (QED) is 0.553. The van der Waals surface area contributed by atoms with Gasteiger partial charge in [0.1, 0.15) is 0 Å². The van der Waals surface area contributed by atoms with Crippen LogP contribution >= 0.6 is 0 Å². The van der Waals surface area contributed by atoms with Gasteiger partial charge in [0.05, 0.1) is 12.8 Å². The molecule has 0 rings (SSSR count). The number of allylic oxidation sites excluding steroid dienone is 1. The van der Waals surface area contributed by atoms with Crippen LogP contribution in [0.2, 0.25) is 0 Å². The fourth-order valence-electron chi connectivity index (χ4n) is 0.880. The summed E-state index contributed by atoms with van der Waals surface area (Å²) in [5.41, 5.74) is -0.0220. The van der Waals surface area contributed by atoms with Gasteiger partial charge < -0.3 is 10.1 Å². The number of nitrogens with one attached hydrogen (secondary N) is 1. The molecule has 5 nitrogen and oxygen atoms in total. The highest BCUT2D eigenvalue weighted by Gasteiger charge is 2.17. The fraction of sp³-hybridized carbons (Fsp3) is 0.417. The van der Waals surface area contributed by atoms with Crippen LogP contribution in [0.3, 0.4) is 0 Å². The lowest BCUT2D eigenvalue weighted by Gasteiger charge is -2.09. The number of esters is 1. The van der Waals surface area contributed by atoms with Crippen molar-refractivity contribution in [2.75, 3.05) is 7.11 Å². The molecule has 0 spiro atoms. The predicted molar refractivity (Wildman–Crippen MR) is 62.9 cm³/mol. The minimum absolute atomic E-state index is 0.0254. The highest BCUT2D eigenvalue weighted by atomic mass is 16.5. The molecule has 0 saturated carbocycles. The third kappa shape index (κ3) is 5.10. The molecule has 0 bridgehead atoms. The molecule has 0 radical (unpaired) electrons. The molecule has 0 saturated heterocycles. The zero-order valence-electron chi connectivity index (χ0n) is 10.3. The van der Waals surface area contributed by atoms with Crippen LogP contribution in [0.5, 0.6) is 0 Å². The van der Waals surface area contributed by atoms with Crippen LogP contribution in [-0.2, 0) is 19.1 Å². The van der Waals surface area contributed by atoms with Gasteiger partial charge in [0.15, 0.2) is 5.78 Å². The monoisotopic (exact) mass is 239 g/mol. The van der Waals surface area contributed by atoms with Crippen LogP contribution < -0.4 is 5.32 Å². The number of ketones is 1.